The monoisotopic (exact) mass is 373 g/mol. The van der Waals surface area contributed by atoms with Gasteiger partial charge in [-0.2, -0.15) is 0 Å². The lowest BCUT2D eigenvalue weighted by atomic mass is 10.3. The third-order valence-corrected chi connectivity index (χ3v) is 3.70. The summed E-state index contributed by atoms with van der Waals surface area (Å²) in [6, 6.07) is 6.82. The number of carbonyl (C=O) groups excluding carboxylic acids is 1. The van der Waals surface area contributed by atoms with Gasteiger partial charge in [0.2, 0.25) is 15.3 Å². The molecule has 0 N–H and O–H groups in total. The minimum Gasteiger partial charge on any atom is -0.279 e. The summed E-state index contributed by atoms with van der Waals surface area (Å²) >= 11 is 7.28. The molecule has 0 saturated heterocycles. The van der Waals surface area contributed by atoms with Gasteiger partial charge in [-0.25, -0.2) is 8.42 Å². The molecule has 4 nitrogen and oxygen atoms in total. The Morgan fingerprint density at radius 1 is 1.50 bits per heavy atom. The molecule has 0 aliphatic rings. The van der Waals surface area contributed by atoms with Gasteiger partial charge in [-0.05, 0) is 52.4 Å². The summed E-state index contributed by atoms with van der Waals surface area (Å²) in [5.41, 5.74) is 0.434. The molecule has 0 aromatic heterocycles. The van der Waals surface area contributed by atoms with Gasteiger partial charge in [-0.1, -0.05) is 6.07 Å². The van der Waals surface area contributed by atoms with Crippen LogP contribution in [0.1, 0.15) is 0 Å². The van der Waals surface area contributed by atoms with Gasteiger partial charge in [-0.15, -0.1) is 0 Å². The fourth-order valence-electron chi connectivity index (χ4n) is 1.14. The van der Waals surface area contributed by atoms with Gasteiger partial charge < -0.3 is 0 Å². The van der Waals surface area contributed by atoms with Crippen molar-refractivity contribution in [3.05, 3.63) is 27.8 Å². The van der Waals surface area contributed by atoms with Crippen molar-refractivity contribution in [2.24, 2.45) is 0 Å². The molecule has 16 heavy (non-hydrogen) atoms. The Bertz CT molecular complexity index is 503. The van der Waals surface area contributed by atoms with Crippen LogP contribution < -0.4 is 4.31 Å². The maximum absolute atomic E-state index is 11.5. The average Bonchev–Trinajstić information content (AvgIpc) is 2.12. The number of nitrogens with zero attached hydrogens (tertiary/aromatic N) is 1. The van der Waals surface area contributed by atoms with Crippen LogP contribution in [-0.4, -0.2) is 26.5 Å². The second kappa shape index (κ2) is 5.33. The van der Waals surface area contributed by atoms with E-state index >= 15 is 0 Å². The van der Waals surface area contributed by atoms with Crippen molar-refractivity contribution in [1.29, 1.82) is 0 Å². The van der Waals surface area contributed by atoms with Crippen LogP contribution in [0.4, 0.5) is 5.69 Å². The summed E-state index contributed by atoms with van der Waals surface area (Å²) < 4.78 is 24.8. The van der Waals surface area contributed by atoms with Gasteiger partial charge >= 0.3 is 0 Å². The zero-order valence-electron chi connectivity index (χ0n) is 8.35. The van der Waals surface area contributed by atoms with Gasteiger partial charge in [0.15, 0.2) is 0 Å². The molecule has 0 spiro atoms. The van der Waals surface area contributed by atoms with Gasteiger partial charge in [-0.3, -0.25) is 9.10 Å². The SMILES string of the molecule is CS(=O)(=O)N(CC(=O)Cl)c1cccc(I)c1. The average molecular weight is 374 g/mol. The molecule has 1 aromatic carbocycles. The topological polar surface area (TPSA) is 54.5 Å². The quantitative estimate of drug-likeness (QED) is 0.598. The van der Waals surface area contributed by atoms with Crippen molar-refractivity contribution in [1.82, 2.24) is 0 Å². The molecule has 0 radical (unpaired) electrons. The molecule has 0 aliphatic carbocycles. The van der Waals surface area contributed by atoms with E-state index in [1.54, 1.807) is 18.2 Å². The molecule has 0 amide bonds. The first kappa shape index (κ1) is 13.7. The minimum absolute atomic E-state index is 0.361. The number of rotatable bonds is 4. The van der Waals surface area contributed by atoms with E-state index in [0.29, 0.717) is 5.69 Å². The molecule has 0 saturated carbocycles. The van der Waals surface area contributed by atoms with Crippen LogP contribution in [0, 0.1) is 3.57 Å². The fraction of sp³-hybridized carbons (Fsp3) is 0.222. The predicted molar refractivity (Wildman–Crippen MR) is 72.2 cm³/mol. The van der Waals surface area contributed by atoms with Crippen molar-refractivity contribution in [2.75, 3.05) is 17.1 Å². The molecular formula is C9H9ClINO3S. The first-order chi connectivity index (χ1) is 7.30. The third-order valence-electron chi connectivity index (χ3n) is 1.76. The molecule has 0 unspecified atom stereocenters. The van der Waals surface area contributed by atoms with Crippen LogP contribution in [0.3, 0.4) is 0 Å². The van der Waals surface area contributed by atoms with Crippen molar-refractivity contribution in [3.63, 3.8) is 0 Å². The minimum atomic E-state index is -3.51. The smallest absolute Gasteiger partial charge is 0.242 e. The number of halogens is 2. The fourth-order valence-corrected chi connectivity index (χ4v) is 2.71. The number of sulfonamides is 1. The molecule has 7 heteroatoms. The highest BCUT2D eigenvalue weighted by Crippen LogP contribution is 2.20. The highest BCUT2D eigenvalue weighted by molar-refractivity contribution is 14.1. The maximum atomic E-state index is 11.5. The number of hydrogen-bond acceptors (Lipinski definition) is 3. The Labute approximate surface area is 113 Å². The van der Waals surface area contributed by atoms with Crippen molar-refractivity contribution in [3.8, 4) is 0 Å². The predicted octanol–water partition coefficient (Wildman–Crippen LogP) is 1.82. The number of carbonyl (C=O) groups is 1. The van der Waals surface area contributed by atoms with E-state index < -0.39 is 15.3 Å². The standard InChI is InChI=1S/C9H9ClINO3S/c1-16(14,15)12(6-9(10)13)8-4-2-3-7(11)5-8/h2-5H,6H2,1H3. The van der Waals surface area contributed by atoms with Crippen LogP contribution in [-0.2, 0) is 14.8 Å². The Morgan fingerprint density at radius 3 is 2.56 bits per heavy atom. The molecule has 0 atom stereocenters. The summed E-state index contributed by atoms with van der Waals surface area (Å²) in [4.78, 5) is 10.8. The molecule has 0 heterocycles. The molecule has 1 aromatic rings. The van der Waals surface area contributed by atoms with Crippen LogP contribution >= 0.6 is 34.2 Å². The Hall–Kier alpha value is -0.340. The van der Waals surface area contributed by atoms with E-state index in [-0.39, 0.29) is 6.54 Å². The number of benzene rings is 1. The van der Waals surface area contributed by atoms with Gasteiger partial charge in [0.25, 0.3) is 0 Å². The molecule has 0 bridgehead atoms. The second-order valence-corrected chi connectivity index (χ2v) is 6.68. The van der Waals surface area contributed by atoms with Crippen LogP contribution in [0.2, 0.25) is 0 Å². The van der Waals surface area contributed by atoms with E-state index in [9.17, 15) is 13.2 Å². The van der Waals surface area contributed by atoms with Crippen LogP contribution in [0.15, 0.2) is 24.3 Å². The van der Waals surface area contributed by atoms with Crippen molar-refractivity contribution >= 4 is 55.1 Å². The zero-order valence-corrected chi connectivity index (χ0v) is 12.1. The largest absolute Gasteiger partial charge is 0.279 e. The first-order valence-electron chi connectivity index (χ1n) is 4.22. The Morgan fingerprint density at radius 2 is 2.12 bits per heavy atom. The van der Waals surface area contributed by atoms with E-state index in [4.69, 9.17) is 11.6 Å². The lowest BCUT2D eigenvalue weighted by Gasteiger charge is -2.20. The van der Waals surface area contributed by atoms with Gasteiger partial charge in [0.05, 0.1) is 11.9 Å². The van der Waals surface area contributed by atoms with E-state index in [1.165, 1.54) is 0 Å². The molecule has 0 fully saturated rings. The van der Waals surface area contributed by atoms with Gasteiger partial charge in [0, 0.05) is 3.57 Å². The molecule has 1 rings (SSSR count). The molecular weight excluding hydrogens is 365 g/mol. The summed E-state index contributed by atoms with van der Waals surface area (Å²) in [6.45, 7) is -0.361. The summed E-state index contributed by atoms with van der Waals surface area (Å²) in [7, 11) is -3.51. The molecule has 0 aliphatic heterocycles. The Kier molecular flexibility index (Phi) is 4.57. The second-order valence-electron chi connectivity index (χ2n) is 3.10. The number of anilines is 1. The van der Waals surface area contributed by atoms with Crippen molar-refractivity contribution in [2.45, 2.75) is 0 Å². The lowest BCUT2D eigenvalue weighted by molar-refractivity contribution is -0.110. The van der Waals surface area contributed by atoms with E-state index in [1.807, 2.05) is 6.07 Å². The van der Waals surface area contributed by atoms with Crippen LogP contribution in [0.25, 0.3) is 0 Å². The van der Waals surface area contributed by atoms with Gasteiger partial charge in [0.1, 0.15) is 6.54 Å². The highest BCUT2D eigenvalue weighted by atomic mass is 127. The maximum Gasteiger partial charge on any atom is 0.242 e. The molecule has 88 valence electrons. The first-order valence-corrected chi connectivity index (χ1v) is 7.53. The summed E-state index contributed by atoms with van der Waals surface area (Å²) in [5.74, 6) is 0. The zero-order chi connectivity index (χ0) is 12.3. The Balaban J connectivity index is 3.16. The third kappa shape index (κ3) is 3.91. The highest BCUT2D eigenvalue weighted by Gasteiger charge is 2.19. The van der Waals surface area contributed by atoms with E-state index in [0.717, 1.165) is 14.1 Å². The van der Waals surface area contributed by atoms with E-state index in [2.05, 4.69) is 22.6 Å². The normalized spacial score (nSPS) is 11.2. The van der Waals surface area contributed by atoms with Crippen molar-refractivity contribution < 1.29 is 13.2 Å². The summed E-state index contributed by atoms with van der Waals surface area (Å²) in [6.07, 6.45) is 1.03. The summed E-state index contributed by atoms with van der Waals surface area (Å²) in [5, 5.41) is -0.718. The lowest BCUT2D eigenvalue weighted by Crippen LogP contribution is -2.33. The van der Waals surface area contributed by atoms with Crippen LogP contribution in [0.5, 0.6) is 0 Å². The number of hydrogen-bond donors (Lipinski definition) is 0.